The maximum absolute atomic E-state index is 13.4. The Bertz CT molecular complexity index is 343. The van der Waals surface area contributed by atoms with E-state index in [4.69, 9.17) is 14.9 Å². The van der Waals surface area contributed by atoms with E-state index in [9.17, 15) is 8.78 Å². The maximum atomic E-state index is 13.4. The molecular formula is C11H14F2O3. The van der Waals surface area contributed by atoms with E-state index in [1.54, 1.807) is 0 Å². The summed E-state index contributed by atoms with van der Waals surface area (Å²) in [6.45, 7) is 2.52. The van der Waals surface area contributed by atoms with Crippen molar-refractivity contribution >= 4 is 0 Å². The molecule has 2 unspecified atom stereocenters. The third kappa shape index (κ3) is 2.90. The molecule has 0 amide bonds. The zero-order chi connectivity index (χ0) is 12.3. The summed E-state index contributed by atoms with van der Waals surface area (Å²) in [5, 5.41) is 17.9. The van der Waals surface area contributed by atoms with Gasteiger partial charge in [0.15, 0.2) is 17.4 Å². The molecule has 3 nitrogen and oxygen atoms in total. The van der Waals surface area contributed by atoms with Gasteiger partial charge in [0.05, 0.1) is 12.7 Å². The summed E-state index contributed by atoms with van der Waals surface area (Å²) in [5.74, 6) is -2.32. The maximum Gasteiger partial charge on any atom is 0.191 e. The fourth-order valence-corrected chi connectivity index (χ4v) is 1.10. The first-order chi connectivity index (χ1) is 7.45. The van der Waals surface area contributed by atoms with Crippen LogP contribution in [0.1, 0.15) is 19.4 Å². The summed E-state index contributed by atoms with van der Waals surface area (Å²) >= 11 is 0. The molecule has 5 heteroatoms. The lowest BCUT2D eigenvalue weighted by molar-refractivity contribution is 0.0550. The first-order valence-electron chi connectivity index (χ1n) is 4.89. The predicted molar refractivity (Wildman–Crippen MR) is 54.1 cm³/mol. The molecule has 16 heavy (non-hydrogen) atoms. The van der Waals surface area contributed by atoms with Gasteiger partial charge in [-0.1, -0.05) is 0 Å². The van der Waals surface area contributed by atoms with Crippen molar-refractivity contribution in [1.82, 2.24) is 0 Å². The van der Waals surface area contributed by atoms with Crippen molar-refractivity contribution in [2.45, 2.75) is 32.7 Å². The second-order valence-corrected chi connectivity index (χ2v) is 3.61. The number of aliphatic hydroxyl groups is 2. The molecule has 0 fully saturated rings. The number of halogens is 2. The monoisotopic (exact) mass is 232 g/mol. The van der Waals surface area contributed by atoms with Crippen LogP contribution in [0.2, 0.25) is 0 Å². The highest BCUT2D eigenvalue weighted by molar-refractivity contribution is 5.31. The van der Waals surface area contributed by atoms with Gasteiger partial charge in [0.25, 0.3) is 0 Å². The van der Waals surface area contributed by atoms with Gasteiger partial charge in [0.2, 0.25) is 0 Å². The zero-order valence-corrected chi connectivity index (χ0v) is 9.08. The Morgan fingerprint density at radius 1 is 1.25 bits per heavy atom. The van der Waals surface area contributed by atoms with Crippen LogP contribution in [0.4, 0.5) is 8.78 Å². The number of hydrogen-bond acceptors (Lipinski definition) is 3. The van der Waals surface area contributed by atoms with Crippen molar-refractivity contribution in [1.29, 1.82) is 0 Å². The van der Waals surface area contributed by atoms with E-state index >= 15 is 0 Å². The van der Waals surface area contributed by atoms with E-state index in [0.29, 0.717) is 0 Å². The Hall–Kier alpha value is -1.20. The van der Waals surface area contributed by atoms with E-state index in [1.165, 1.54) is 13.8 Å². The molecule has 0 aliphatic carbocycles. The minimum absolute atomic E-state index is 0.132. The topological polar surface area (TPSA) is 49.7 Å². The third-order valence-electron chi connectivity index (χ3n) is 2.22. The summed E-state index contributed by atoms with van der Waals surface area (Å²) < 4.78 is 31.7. The Balaban J connectivity index is 2.96. The fraction of sp³-hybridized carbons (Fsp3) is 0.455. The van der Waals surface area contributed by atoms with Crippen LogP contribution in [-0.2, 0) is 6.61 Å². The van der Waals surface area contributed by atoms with Crippen molar-refractivity contribution in [3.8, 4) is 5.75 Å². The van der Waals surface area contributed by atoms with Crippen LogP contribution >= 0.6 is 0 Å². The van der Waals surface area contributed by atoms with Crippen LogP contribution in [0.25, 0.3) is 0 Å². The highest BCUT2D eigenvalue weighted by Crippen LogP contribution is 2.24. The minimum atomic E-state index is -0.892. The molecule has 1 rings (SSSR count). The van der Waals surface area contributed by atoms with Gasteiger partial charge >= 0.3 is 0 Å². The molecule has 2 atom stereocenters. The molecule has 0 heterocycles. The van der Waals surface area contributed by atoms with Crippen molar-refractivity contribution in [3.63, 3.8) is 0 Å². The second kappa shape index (κ2) is 5.23. The molecule has 0 aromatic heterocycles. The largest absolute Gasteiger partial charge is 0.482 e. The van der Waals surface area contributed by atoms with Crippen molar-refractivity contribution in [3.05, 3.63) is 29.3 Å². The minimum Gasteiger partial charge on any atom is -0.482 e. The molecule has 0 radical (unpaired) electrons. The SMILES string of the molecule is CC(O)C(C)Oc1c(F)cc(CO)cc1F. The Labute approximate surface area is 92.3 Å². The summed E-state index contributed by atoms with van der Waals surface area (Å²) in [7, 11) is 0. The summed E-state index contributed by atoms with van der Waals surface area (Å²) in [6, 6.07) is 1.99. The van der Waals surface area contributed by atoms with Crippen LogP contribution in [-0.4, -0.2) is 22.4 Å². The lowest BCUT2D eigenvalue weighted by Gasteiger charge is -2.18. The number of rotatable bonds is 4. The smallest absolute Gasteiger partial charge is 0.191 e. The standard InChI is InChI=1S/C11H14F2O3/c1-6(15)7(2)16-11-9(12)3-8(5-14)4-10(11)13/h3-4,6-7,14-15H,5H2,1-2H3. The average molecular weight is 232 g/mol. The van der Waals surface area contributed by atoms with E-state index in [-0.39, 0.29) is 5.56 Å². The van der Waals surface area contributed by atoms with Crippen molar-refractivity contribution < 1.29 is 23.7 Å². The predicted octanol–water partition coefficient (Wildman–Crippen LogP) is 1.61. The molecule has 2 N–H and O–H groups in total. The quantitative estimate of drug-likeness (QED) is 0.829. The molecule has 0 saturated carbocycles. The average Bonchev–Trinajstić information content (AvgIpc) is 2.22. The van der Waals surface area contributed by atoms with Gasteiger partial charge in [-0.3, -0.25) is 0 Å². The van der Waals surface area contributed by atoms with E-state index in [0.717, 1.165) is 12.1 Å². The lowest BCUT2D eigenvalue weighted by Crippen LogP contribution is -2.26. The van der Waals surface area contributed by atoms with Crippen LogP contribution in [0, 0.1) is 11.6 Å². The van der Waals surface area contributed by atoms with Gasteiger partial charge < -0.3 is 14.9 Å². The Kier molecular flexibility index (Phi) is 4.20. The normalized spacial score (nSPS) is 14.6. The van der Waals surface area contributed by atoms with E-state index < -0.39 is 36.2 Å². The molecule has 0 spiro atoms. The number of ether oxygens (including phenoxy) is 1. The number of benzene rings is 1. The van der Waals surface area contributed by atoms with Crippen molar-refractivity contribution in [2.24, 2.45) is 0 Å². The van der Waals surface area contributed by atoms with Gasteiger partial charge in [-0.15, -0.1) is 0 Å². The zero-order valence-electron chi connectivity index (χ0n) is 9.08. The lowest BCUT2D eigenvalue weighted by atomic mass is 10.2. The van der Waals surface area contributed by atoms with Gasteiger partial charge in [-0.2, -0.15) is 0 Å². The molecule has 0 bridgehead atoms. The van der Waals surface area contributed by atoms with Crippen molar-refractivity contribution in [2.75, 3.05) is 0 Å². The number of aliphatic hydroxyl groups excluding tert-OH is 2. The Morgan fingerprint density at radius 2 is 1.75 bits per heavy atom. The highest BCUT2D eigenvalue weighted by atomic mass is 19.1. The van der Waals surface area contributed by atoms with Gasteiger partial charge in [-0.05, 0) is 31.5 Å². The molecule has 90 valence electrons. The highest BCUT2D eigenvalue weighted by Gasteiger charge is 2.17. The van der Waals surface area contributed by atoms with Crippen LogP contribution in [0.3, 0.4) is 0 Å². The fourth-order valence-electron chi connectivity index (χ4n) is 1.10. The summed E-state index contributed by atoms with van der Waals surface area (Å²) in [4.78, 5) is 0. The summed E-state index contributed by atoms with van der Waals surface area (Å²) in [5.41, 5.74) is 0.132. The molecule has 1 aromatic carbocycles. The molecule has 0 saturated heterocycles. The van der Waals surface area contributed by atoms with E-state index in [1.807, 2.05) is 0 Å². The van der Waals surface area contributed by atoms with Crippen LogP contribution in [0.5, 0.6) is 5.75 Å². The van der Waals surface area contributed by atoms with Gasteiger partial charge in [0, 0.05) is 0 Å². The molecule has 1 aromatic rings. The van der Waals surface area contributed by atoms with Crippen LogP contribution < -0.4 is 4.74 Å². The number of hydrogen-bond donors (Lipinski definition) is 2. The first kappa shape index (κ1) is 12.9. The Morgan fingerprint density at radius 3 is 2.12 bits per heavy atom. The van der Waals surface area contributed by atoms with Crippen LogP contribution in [0.15, 0.2) is 12.1 Å². The first-order valence-corrected chi connectivity index (χ1v) is 4.89. The van der Waals surface area contributed by atoms with E-state index in [2.05, 4.69) is 0 Å². The second-order valence-electron chi connectivity index (χ2n) is 3.61. The molecule has 0 aliphatic rings. The third-order valence-corrected chi connectivity index (χ3v) is 2.22. The molecule has 0 aliphatic heterocycles. The molecular weight excluding hydrogens is 218 g/mol. The summed E-state index contributed by atoms with van der Waals surface area (Å²) in [6.07, 6.45) is -1.56. The van der Waals surface area contributed by atoms with Gasteiger partial charge in [-0.25, -0.2) is 8.78 Å². The van der Waals surface area contributed by atoms with Gasteiger partial charge in [0.1, 0.15) is 6.10 Å².